The molecule has 0 amide bonds. The number of carbonyl (C=O) groups excluding carboxylic acids is 1. The molecule has 7 nitrogen and oxygen atoms in total. The minimum Gasteiger partial charge on any atom is -0.508 e. The van der Waals surface area contributed by atoms with E-state index in [0.717, 1.165) is 6.26 Å². The number of ether oxygens (including phenoxy) is 1. The summed E-state index contributed by atoms with van der Waals surface area (Å²) in [6.45, 7) is 1.46. The molecule has 3 rings (SSSR count). The lowest BCUT2D eigenvalue weighted by molar-refractivity contribution is 0.0474. The van der Waals surface area contributed by atoms with Gasteiger partial charge in [-0.15, -0.1) is 0 Å². The second-order valence-electron chi connectivity index (χ2n) is 6.52. The van der Waals surface area contributed by atoms with E-state index in [1.54, 1.807) is 25.1 Å². The zero-order chi connectivity index (χ0) is 20.5. The molecular weight excluding hydrogens is 384 g/mol. The van der Waals surface area contributed by atoms with Gasteiger partial charge in [-0.3, -0.25) is 0 Å². The van der Waals surface area contributed by atoms with Crippen LogP contribution in [0.15, 0.2) is 51.7 Å². The van der Waals surface area contributed by atoms with E-state index < -0.39 is 21.4 Å². The van der Waals surface area contributed by atoms with Gasteiger partial charge in [-0.05, 0) is 36.8 Å². The third-order valence-corrected chi connectivity index (χ3v) is 5.05. The molecule has 0 fully saturated rings. The smallest absolute Gasteiger partial charge is 0.338 e. The number of phenolic OH excluding ortho intramolecular Hbond substituents is 1. The third kappa shape index (κ3) is 4.40. The molecule has 0 aliphatic rings. The molecule has 0 atom stereocenters. The van der Waals surface area contributed by atoms with E-state index >= 15 is 0 Å². The van der Waals surface area contributed by atoms with Gasteiger partial charge in [-0.25, -0.2) is 18.0 Å². The number of sulfone groups is 1. The molecule has 0 unspecified atom stereocenters. The van der Waals surface area contributed by atoms with Crippen LogP contribution in [0.5, 0.6) is 5.75 Å². The number of benzene rings is 2. The van der Waals surface area contributed by atoms with Crippen molar-refractivity contribution in [1.29, 1.82) is 0 Å². The molecule has 0 radical (unpaired) electrons. The summed E-state index contributed by atoms with van der Waals surface area (Å²) < 4.78 is 33.1. The number of hydrogen-bond donors (Lipinski definition) is 1. The van der Waals surface area contributed by atoms with Gasteiger partial charge in [0.1, 0.15) is 17.9 Å². The Balaban J connectivity index is 1.80. The molecule has 1 aromatic heterocycles. The summed E-state index contributed by atoms with van der Waals surface area (Å²) in [5.41, 5.74) is 1.33. The van der Waals surface area contributed by atoms with Crippen LogP contribution in [-0.4, -0.2) is 25.7 Å². The van der Waals surface area contributed by atoms with E-state index in [-0.39, 0.29) is 29.3 Å². The standard InChI is InChI=1S/C20H18O7S/c1-12-17(21)8-7-16-15(9-18(22)27-19(12)16)10-26-20(23)14-5-3-13(4-6-14)11-28(2,24)25/h3-9,21H,10-11H2,1-2H3. The van der Waals surface area contributed by atoms with Gasteiger partial charge in [0.05, 0.1) is 11.3 Å². The fraction of sp³-hybridized carbons (Fsp3) is 0.200. The molecule has 0 spiro atoms. The predicted octanol–water partition coefficient (Wildman–Crippen LogP) is 2.71. The van der Waals surface area contributed by atoms with Crippen molar-refractivity contribution in [2.75, 3.05) is 6.26 Å². The number of aryl methyl sites for hydroxylation is 1. The zero-order valence-electron chi connectivity index (χ0n) is 15.3. The number of aromatic hydroxyl groups is 1. The zero-order valence-corrected chi connectivity index (χ0v) is 16.1. The number of rotatable bonds is 5. The van der Waals surface area contributed by atoms with E-state index in [1.807, 2.05) is 0 Å². The molecule has 28 heavy (non-hydrogen) atoms. The summed E-state index contributed by atoms with van der Waals surface area (Å²) in [4.78, 5) is 24.1. The van der Waals surface area contributed by atoms with Crippen LogP contribution < -0.4 is 5.63 Å². The Bertz CT molecular complexity index is 1210. The molecule has 0 bridgehead atoms. The van der Waals surface area contributed by atoms with Crippen molar-refractivity contribution >= 4 is 26.8 Å². The molecular formula is C20H18O7S. The predicted molar refractivity (Wildman–Crippen MR) is 103 cm³/mol. The Labute approximate surface area is 161 Å². The number of phenols is 1. The first-order valence-corrected chi connectivity index (χ1v) is 10.4. The van der Waals surface area contributed by atoms with Crippen LogP contribution in [0, 0.1) is 6.92 Å². The first-order valence-electron chi connectivity index (χ1n) is 8.33. The van der Waals surface area contributed by atoms with Crippen molar-refractivity contribution in [3.63, 3.8) is 0 Å². The summed E-state index contributed by atoms with van der Waals surface area (Å²) >= 11 is 0. The number of carbonyl (C=O) groups is 1. The fourth-order valence-corrected chi connectivity index (χ4v) is 3.60. The lowest BCUT2D eigenvalue weighted by atomic mass is 10.1. The quantitative estimate of drug-likeness (QED) is 0.516. The molecule has 1 heterocycles. The maximum absolute atomic E-state index is 12.3. The molecule has 3 aromatic rings. The van der Waals surface area contributed by atoms with Crippen molar-refractivity contribution in [2.45, 2.75) is 19.3 Å². The van der Waals surface area contributed by atoms with Gasteiger partial charge in [0.2, 0.25) is 0 Å². The largest absolute Gasteiger partial charge is 0.508 e. The van der Waals surface area contributed by atoms with E-state index in [2.05, 4.69) is 0 Å². The molecule has 146 valence electrons. The van der Waals surface area contributed by atoms with Crippen LogP contribution in [0.1, 0.15) is 27.0 Å². The van der Waals surface area contributed by atoms with Crippen molar-refractivity contribution in [1.82, 2.24) is 0 Å². The van der Waals surface area contributed by atoms with Gasteiger partial charge in [0.25, 0.3) is 0 Å². The highest BCUT2D eigenvalue weighted by molar-refractivity contribution is 7.89. The molecule has 1 N–H and O–H groups in total. The second kappa shape index (κ2) is 7.47. The Hall–Kier alpha value is -3.13. The van der Waals surface area contributed by atoms with E-state index in [0.29, 0.717) is 22.1 Å². The summed E-state index contributed by atoms with van der Waals surface area (Å²) in [7, 11) is -3.16. The first kappa shape index (κ1) is 19.6. The van der Waals surface area contributed by atoms with Crippen LogP contribution in [0.3, 0.4) is 0 Å². The Morgan fingerprint density at radius 2 is 1.82 bits per heavy atom. The minimum atomic E-state index is -3.16. The highest BCUT2D eigenvalue weighted by Gasteiger charge is 2.14. The SMILES string of the molecule is Cc1c(O)ccc2c(COC(=O)c3ccc(CS(C)(=O)=O)cc3)cc(=O)oc12. The van der Waals surface area contributed by atoms with Crippen LogP contribution in [-0.2, 0) is 26.9 Å². The molecule has 0 aliphatic carbocycles. The summed E-state index contributed by atoms with van der Waals surface area (Å²) in [5.74, 6) is -0.720. The molecule has 0 saturated carbocycles. The summed E-state index contributed by atoms with van der Waals surface area (Å²) in [5, 5.41) is 10.3. The van der Waals surface area contributed by atoms with Crippen molar-refractivity contribution < 1.29 is 27.5 Å². The van der Waals surface area contributed by atoms with Crippen molar-refractivity contribution in [3.05, 3.63) is 75.1 Å². The van der Waals surface area contributed by atoms with Crippen LogP contribution >= 0.6 is 0 Å². The lowest BCUT2D eigenvalue weighted by Gasteiger charge is -2.09. The first-order chi connectivity index (χ1) is 13.1. The number of esters is 1. The van der Waals surface area contributed by atoms with Crippen LogP contribution in [0.4, 0.5) is 0 Å². The average Bonchev–Trinajstić information content (AvgIpc) is 2.62. The van der Waals surface area contributed by atoms with Gasteiger partial charge in [0, 0.05) is 28.8 Å². The maximum atomic E-state index is 12.3. The monoisotopic (exact) mass is 402 g/mol. The minimum absolute atomic E-state index is 0.000946. The third-order valence-electron chi connectivity index (χ3n) is 4.20. The Kier molecular flexibility index (Phi) is 5.24. The topological polar surface area (TPSA) is 111 Å². The highest BCUT2D eigenvalue weighted by Crippen LogP contribution is 2.27. The number of fused-ring (bicyclic) bond motifs is 1. The van der Waals surface area contributed by atoms with Gasteiger partial charge in [0.15, 0.2) is 9.84 Å². The van der Waals surface area contributed by atoms with Gasteiger partial charge < -0.3 is 14.3 Å². The van der Waals surface area contributed by atoms with Gasteiger partial charge >= 0.3 is 11.6 Å². The highest BCUT2D eigenvalue weighted by atomic mass is 32.2. The molecule has 0 aliphatic heterocycles. The van der Waals surface area contributed by atoms with E-state index in [4.69, 9.17) is 9.15 Å². The molecule has 0 saturated heterocycles. The average molecular weight is 402 g/mol. The second-order valence-corrected chi connectivity index (χ2v) is 8.66. The summed E-state index contributed by atoms with van der Waals surface area (Å²) in [6.07, 6.45) is 1.14. The van der Waals surface area contributed by atoms with Crippen LogP contribution in [0.25, 0.3) is 11.0 Å². The van der Waals surface area contributed by atoms with Gasteiger partial charge in [-0.1, -0.05) is 12.1 Å². The van der Waals surface area contributed by atoms with Crippen molar-refractivity contribution in [2.24, 2.45) is 0 Å². The van der Waals surface area contributed by atoms with E-state index in [9.17, 15) is 23.1 Å². The fourth-order valence-electron chi connectivity index (χ4n) is 2.80. The Morgan fingerprint density at radius 3 is 2.46 bits per heavy atom. The Morgan fingerprint density at radius 1 is 1.14 bits per heavy atom. The molecule has 8 heteroatoms. The van der Waals surface area contributed by atoms with Crippen LogP contribution in [0.2, 0.25) is 0 Å². The van der Waals surface area contributed by atoms with Crippen molar-refractivity contribution in [3.8, 4) is 5.75 Å². The summed E-state index contributed by atoms with van der Waals surface area (Å²) in [6, 6.07) is 10.4. The molecule has 2 aromatic carbocycles. The number of hydrogen-bond acceptors (Lipinski definition) is 7. The normalized spacial score (nSPS) is 11.5. The van der Waals surface area contributed by atoms with E-state index in [1.165, 1.54) is 24.3 Å². The van der Waals surface area contributed by atoms with Gasteiger partial charge in [-0.2, -0.15) is 0 Å². The lowest BCUT2D eigenvalue weighted by Crippen LogP contribution is -2.08. The maximum Gasteiger partial charge on any atom is 0.338 e.